The van der Waals surface area contributed by atoms with Crippen molar-refractivity contribution in [3.05, 3.63) is 15.9 Å². The van der Waals surface area contributed by atoms with Gasteiger partial charge in [-0.3, -0.25) is 0 Å². The minimum Gasteiger partial charge on any atom is -0.326 e. The van der Waals surface area contributed by atoms with Crippen molar-refractivity contribution >= 4 is 49.7 Å². The SMILES string of the molecule is Cl.NC1CCN(S(=O)(=O)c2sccc2Br)C1. The van der Waals surface area contributed by atoms with E-state index in [2.05, 4.69) is 15.9 Å². The Morgan fingerprint density at radius 1 is 1.56 bits per heavy atom. The van der Waals surface area contributed by atoms with Gasteiger partial charge in [0, 0.05) is 23.6 Å². The van der Waals surface area contributed by atoms with Crippen molar-refractivity contribution in [3.63, 3.8) is 0 Å². The first-order valence-electron chi connectivity index (χ1n) is 4.50. The minimum absolute atomic E-state index is 0. The summed E-state index contributed by atoms with van der Waals surface area (Å²) >= 11 is 4.46. The van der Waals surface area contributed by atoms with Crippen molar-refractivity contribution in [2.45, 2.75) is 16.7 Å². The molecule has 4 nitrogen and oxygen atoms in total. The molecule has 1 aromatic rings. The molecule has 0 aromatic carbocycles. The second kappa shape index (κ2) is 5.32. The van der Waals surface area contributed by atoms with Crippen molar-refractivity contribution in [1.82, 2.24) is 4.31 Å². The fourth-order valence-corrected chi connectivity index (χ4v) is 5.51. The van der Waals surface area contributed by atoms with Gasteiger partial charge in [0.15, 0.2) is 0 Å². The van der Waals surface area contributed by atoms with Gasteiger partial charge in [-0.15, -0.1) is 23.7 Å². The standard InChI is InChI=1S/C8H11BrN2O2S2.ClH/c9-7-2-4-14-8(7)15(12,13)11-3-1-6(10)5-11;/h2,4,6H,1,3,5,10H2;1H. The topological polar surface area (TPSA) is 63.4 Å². The molecule has 1 fully saturated rings. The van der Waals surface area contributed by atoms with Crippen LogP contribution in [0.3, 0.4) is 0 Å². The lowest BCUT2D eigenvalue weighted by molar-refractivity contribution is 0.474. The molecule has 1 saturated heterocycles. The van der Waals surface area contributed by atoms with Gasteiger partial charge in [-0.25, -0.2) is 8.42 Å². The molecule has 1 aliphatic heterocycles. The Balaban J connectivity index is 0.00000128. The molecule has 2 N–H and O–H groups in total. The Bertz CT molecular complexity index is 462. The molecular weight excluding hydrogens is 336 g/mol. The lowest BCUT2D eigenvalue weighted by atomic mass is 10.3. The summed E-state index contributed by atoms with van der Waals surface area (Å²) in [5.41, 5.74) is 5.70. The number of hydrogen-bond donors (Lipinski definition) is 1. The van der Waals surface area contributed by atoms with Crippen LogP contribution in [-0.4, -0.2) is 31.9 Å². The average Bonchev–Trinajstić information content (AvgIpc) is 2.74. The Hall–Kier alpha value is 0.340. The second-order valence-corrected chi connectivity index (χ2v) is 7.37. The van der Waals surface area contributed by atoms with Crippen LogP contribution in [0, 0.1) is 0 Å². The molecule has 0 radical (unpaired) electrons. The molecule has 2 heterocycles. The Labute approximate surface area is 113 Å². The highest BCUT2D eigenvalue weighted by Crippen LogP contribution is 2.31. The lowest BCUT2D eigenvalue weighted by Gasteiger charge is -2.14. The molecular formula is C8H12BrClN2O2S2. The molecule has 0 amide bonds. The maximum atomic E-state index is 12.1. The molecule has 0 aliphatic carbocycles. The van der Waals surface area contributed by atoms with Crippen molar-refractivity contribution in [2.75, 3.05) is 13.1 Å². The molecule has 8 heteroatoms. The van der Waals surface area contributed by atoms with E-state index in [1.54, 1.807) is 11.4 Å². The zero-order valence-electron chi connectivity index (χ0n) is 8.30. The number of rotatable bonds is 2. The van der Waals surface area contributed by atoms with Gasteiger partial charge in [0.25, 0.3) is 10.0 Å². The van der Waals surface area contributed by atoms with Gasteiger partial charge in [0.2, 0.25) is 0 Å². The molecule has 0 spiro atoms. The van der Waals surface area contributed by atoms with Crippen molar-refractivity contribution in [2.24, 2.45) is 5.73 Å². The van der Waals surface area contributed by atoms with E-state index < -0.39 is 10.0 Å². The summed E-state index contributed by atoms with van der Waals surface area (Å²) in [4.78, 5) is 0. The molecule has 1 unspecified atom stereocenters. The lowest BCUT2D eigenvalue weighted by Crippen LogP contribution is -2.31. The summed E-state index contributed by atoms with van der Waals surface area (Å²) in [7, 11) is -3.33. The van der Waals surface area contributed by atoms with Crippen LogP contribution >= 0.6 is 39.7 Å². The fraction of sp³-hybridized carbons (Fsp3) is 0.500. The maximum absolute atomic E-state index is 12.1. The third-order valence-electron chi connectivity index (χ3n) is 2.35. The van der Waals surface area contributed by atoms with Gasteiger partial charge in [-0.05, 0) is 33.8 Å². The Morgan fingerprint density at radius 3 is 2.69 bits per heavy atom. The fourth-order valence-electron chi connectivity index (χ4n) is 1.55. The van der Waals surface area contributed by atoms with Gasteiger partial charge in [0.1, 0.15) is 4.21 Å². The summed E-state index contributed by atoms with van der Waals surface area (Å²) < 4.78 is 26.7. The van der Waals surface area contributed by atoms with Crippen LogP contribution in [0.4, 0.5) is 0 Å². The number of hydrogen-bond acceptors (Lipinski definition) is 4. The van der Waals surface area contributed by atoms with Crippen LogP contribution in [-0.2, 0) is 10.0 Å². The summed E-state index contributed by atoms with van der Waals surface area (Å²) in [6.07, 6.45) is 0.738. The number of nitrogens with two attached hydrogens (primary N) is 1. The Kier molecular flexibility index (Phi) is 4.79. The van der Waals surface area contributed by atoms with Gasteiger partial charge in [-0.1, -0.05) is 0 Å². The predicted molar refractivity (Wildman–Crippen MR) is 70.6 cm³/mol. The van der Waals surface area contributed by atoms with Crippen LogP contribution in [0.2, 0.25) is 0 Å². The van der Waals surface area contributed by atoms with Gasteiger partial charge >= 0.3 is 0 Å². The molecule has 0 bridgehead atoms. The second-order valence-electron chi connectivity index (χ2n) is 3.47. The van der Waals surface area contributed by atoms with E-state index in [0.717, 1.165) is 6.42 Å². The highest BCUT2D eigenvalue weighted by atomic mass is 79.9. The van der Waals surface area contributed by atoms with Gasteiger partial charge in [-0.2, -0.15) is 4.31 Å². The first-order valence-corrected chi connectivity index (χ1v) is 7.62. The first kappa shape index (κ1) is 14.4. The average molecular weight is 348 g/mol. The van der Waals surface area contributed by atoms with E-state index in [1.807, 2.05) is 0 Å². The summed E-state index contributed by atoms with van der Waals surface area (Å²) in [6.45, 7) is 0.945. The number of thiophene rings is 1. The molecule has 0 saturated carbocycles. The summed E-state index contributed by atoms with van der Waals surface area (Å²) in [6, 6.07) is 1.71. The first-order chi connectivity index (χ1) is 7.01. The van der Waals surface area contributed by atoms with Gasteiger partial charge < -0.3 is 5.73 Å². The van der Waals surface area contributed by atoms with Crippen LogP contribution in [0.5, 0.6) is 0 Å². The number of sulfonamides is 1. The van der Waals surface area contributed by atoms with E-state index >= 15 is 0 Å². The normalized spacial score (nSPS) is 22.0. The van der Waals surface area contributed by atoms with E-state index in [4.69, 9.17) is 5.73 Å². The molecule has 16 heavy (non-hydrogen) atoms. The molecule has 92 valence electrons. The van der Waals surface area contributed by atoms with E-state index in [-0.39, 0.29) is 18.4 Å². The molecule has 1 atom stereocenters. The van der Waals surface area contributed by atoms with E-state index in [0.29, 0.717) is 21.8 Å². The largest absolute Gasteiger partial charge is 0.326 e. The highest BCUT2D eigenvalue weighted by molar-refractivity contribution is 9.10. The van der Waals surface area contributed by atoms with E-state index in [9.17, 15) is 8.42 Å². The molecule has 1 aromatic heterocycles. The third kappa shape index (κ3) is 2.60. The summed E-state index contributed by atoms with van der Waals surface area (Å²) in [5.74, 6) is 0. The summed E-state index contributed by atoms with van der Waals surface area (Å²) in [5, 5.41) is 1.76. The zero-order valence-corrected chi connectivity index (χ0v) is 12.3. The number of halogens is 2. The van der Waals surface area contributed by atoms with Crippen LogP contribution in [0.1, 0.15) is 6.42 Å². The third-order valence-corrected chi connectivity index (χ3v) is 6.86. The van der Waals surface area contributed by atoms with E-state index in [1.165, 1.54) is 15.6 Å². The maximum Gasteiger partial charge on any atom is 0.253 e. The molecule has 2 rings (SSSR count). The highest BCUT2D eigenvalue weighted by Gasteiger charge is 2.32. The number of nitrogens with zero attached hydrogens (tertiary/aromatic N) is 1. The predicted octanol–water partition coefficient (Wildman–Crippen LogP) is 1.65. The smallest absolute Gasteiger partial charge is 0.253 e. The van der Waals surface area contributed by atoms with Crippen molar-refractivity contribution in [3.8, 4) is 0 Å². The van der Waals surface area contributed by atoms with Crippen LogP contribution in [0.25, 0.3) is 0 Å². The quantitative estimate of drug-likeness (QED) is 0.885. The minimum atomic E-state index is -3.33. The monoisotopic (exact) mass is 346 g/mol. The van der Waals surface area contributed by atoms with Crippen LogP contribution < -0.4 is 5.73 Å². The Morgan fingerprint density at radius 2 is 2.25 bits per heavy atom. The zero-order chi connectivity index (χ0) is 11.1. The van der Waals surface area contributed by atoms with Crippen LogP contribution in [0.15, 0.2) is 20.1 Å². The van der Waals surface area contributed by atoms with Crippen molar-refractivity contribution in [1.29, 1.82) is 0 Å². The van der Waals surface area contributed by atoms with Crippen molar-refractivity contribution < 1.29 is 8.42 Å². The molecule has 1 aliphatic rings. The van der Waals surface area contributed by atoms with Gasteiger partial charge in [0.05, 0.1) is 0 Å².